The summed E-state index contributed by atoms with van der Waals surface area (Å²) < 4.78 is 0. The molecule has 0 unspecified atom stereocenters. The second-order valence-electron chi connectivity index (χ2n) is 2.10. The van der Waals surface area contributed by atoms with E-state index in [-0.39, 0.29) is 6.61 Å². The van der Waals surface area contributed by atoms with Crippen molar-refractivity contribution in [3.63, 3.8) is 0 Å². The molecule has 0 bridgehead atoms. The monoisotopic (exact) mass is 147 g/mol. The molecule has 0 aliphatic heterocycles. The fraction of sp³-hybridized carbons (Fsp3) is 0.125. The molecule has 0 spiro atoms. The summed E-state index contributed by atoms with van der Waals surface area (Å²) in [6.07, 6.45) is 0. The van der Waals surface area contributed by atoms with E-state index in [2.05, 4.69) is 4.84 Å². The van der Waals surface area contributed by atoms with E-state index in [4.69, 9.17) is 11.2 Å². The molecule has 1 rings (SSSR count). The van der Waals surface area contributed by atoms with Gasteiger partial charge >= 0.3 is 0 Å². The minimum absolute atomic E-state index is 0.270. The van der Waals surface area contributed by atoms with Gasteiger partial charge in [0.05, 0.1) is 18.2 Å². The normalized spacial score (nSPS) is 9.09. The standard InChI is InChI=1S/C8H7N2O/c9-5-7-1-3-8(4-2-7)6-11-10/h1-4,10H,6H2. The second-order valence-corrected chi connectivity index (χ2v) is 2.10. The van der Waals surface area contributed by atoms with Gasteiger partial charge < -0.3 is 0 Å². The summed E-state index contributed by atoms with van der Waals surface area (Å²) in [6, 6.07) is 8.96. The van der Waals surface area contributed by atoms with E-state index in [1.165, 1.54) is 0 Å². The third-order valence-electron chi connectivity index (χ3n) is 1.32. The summed E-state index contributed by atoms with van der Waals surface area (Å²) in [7, 11) is 0. The molecule has 0 aliphatic carbocycles. The Morgan fingerprint density at radius 2 is 2.00 bits per heavy atom. The lowest BCUT2D eigenvalue weighted by atomic mass is 10.2. The maximum atomic E-state index is 8.44. The van der Waals surface area contributed by atoms with Crippen molar-refractivity contribution in [3.8, 4) is 6.07 Å². The minimum atomic E-state index is 0.270. The van der Waals surface area contributed by atoms with Crippen LogP contribution in [0.2, 0.25) is 0 Å². The predicted molar refractivity (Wildman–Crippen MR) is 39.0 cm³/mol. The molecule has 0 saturated heterocycles. The molecule has 0 amide bonds. The first-order chi connectivity index (χ1) is 5.36. The van der Waals surface area contributed by atoms with E-state index in [0.717, 1.165) is 5.56 Å². The summed E-state index contributed by atoms with van der Waals surface area (Å²) in [5, 5.41) is 8.44. The maximum absolute atomic E-state index is 8.44. The van der Waals surface area contributed by atoms with Gasteiger partial charge in [0, 0.05) is 0 Å². The van der Waals surface area contributed by atoms with Crippen LogP contribution >= 0.6 is 0 Å². The smallest absolute Gasteiger partial charge is 0.0991 e. The highest BCUT2D eigenvalue weighted by atomic mass is 16.6. The molecule has 3 heteroatoms. The minimum Gasteiger partial charge on any atom is -0.280 e. The van der Waals surface area contributed by atoms with Crippen LogP contribution in [-0.4, -0.2) is 0 Å². The highest BCUT2D eigenvalue weighted by Gasteiger charge is 1.91. The molecule has 0 fully saturated rings. The first kappa shape index (κ1) is 7.73. The van der Waals surface area contributed by atoms with Gasteiger partial charge in [-0.05, 0) is 17.7 Å². The fourth-order valence-corrected chi connectivity index (χ4v) is 0.759. The van der Waals surface area contributed by atoms with Crippen molar-refractivity contribution in [2.45, 2.75) is 6.61 Å². The number of nitrogens with one attached hydrogen (secondary N) is 1. The first-order valence-electron chi connectivity index (χ1n) is 3.14. The number of rotatable bonds is 2. The molecule has 1 aromatic carbocycles. The molecule has 0 saturated carbocycles. The third-order valence-corrected chi connectivity index (χ3v) is 1.32. The number of hydrogen-bond donors (Lipinski definition) is 0. The summed E-state index contributed by atoms with van der Waals surface area (Å²) >= 11 is 0. The third kappa shape index (κ3) is 2.04. The molecule has 3 nitrogen and oxygen atoms in total. The summed E-state index contributed by atoms with van der Waals surface area (Å²) in [4.78, 5) is 4.17. The van der Waals surface area contributed by atoms with Crippen LogP contribution in [-0.2, 0) is 11.4 Å². The van der Waals surface area contributed by atoms with E-state index in [0.29, 0.717) is 5.56 Å². The highest BCUT2D eigenvalue weighted by molar-refractivity contribution is 5.31. The van der Waals surface area contributed by atoms with Gasteiger partial charge in [0.1, 0.15) is 0 Å². The van der Waals surface area contributed by atoms with Crippen molar-refractivity contribution in [1.82, 2.24) is 5.90 Å². The van der Waals surface area contributed by atoms with Crippen molar-refractivity contribution in [2.24, 2.45) is 0 Å². The van der Waals surface area contributed by atoms with Gasteiger partial charge in [0.25, 0.3) is 0 Å². The Kier molecular flexibility index (Phi) is 2.61. The molecule has 1 aromatic rings. The zero-order valence-electron chi connectivity index (χ0n) is 5.87. The number of nitriles is 1. The van der Waals surface area contributed by atoms with Gasteiger partial charge in [-0.1, -0.05) is 12.1 Å². The van der Waals surface area contributed by atoms with Crippen LogP contribution in [0.15, 0.2) is 24.3 Å². The van der Waals surface area contributed by atoms with Gasteiger partial charge in [0.2, 0.25) is 0 Å². The molecule has 11 heavy (non-hydrogen) atoms. The Morgan fingerprint density at radius 1 is 1.36 bits per heavy atom. The molecule has 1 radical (unpaired) electrons. The van der Waals surface area contributed by atoms with Crippen LogP contribution in [0.25, 0.3) is 0 Å². The van der Waals surface area contributed by atoms with E-state index in [1.54, 1.807) is 24.3 Å². The molecular weight excluding hydrogens is 140 g/mol. The number of benzene rings is 1. The average Bonchev–Trinajstić information content (AvgIpc) is 2.07. The largest absolute Gasteiger partial charge is 0.280 e. The lowest BCUT2D eigenvalue weighted by Crippen LogP contribution is -1.88. The number of nitrogens with zero attached hydrogens (tertiary/aromatic N) is 1. The highest BCUT2D eigenvalue weighted by Crippen LogP contribution is 2.03. The van der Waals surface area contributed by atoms with Gasteiger partial charge in [-0.2, -0.15) is 5.26 Å². The molecule has 0 atom stereocenters. The van der Waals surface area contributed by atoms with Crippen molar-refractivity contribution in [2.75, 3.05) is 0 Å². The maximum Gasteiger partial charge on any atom is 0.0991 e. The first-order valence-corrected chi connectivity index (χ1v) is 3.14. The Bertz CT molecular complexity index is 260. The summed E-state index contributed by atoms with van der Waals surface area (Å²) in [5.74, 6) is 6.47. The second kappa shape index (κ2) is 3.71. The van der Waals surface area contributed by atoms with E-state index < -0.39 is 0 Å². The van der Waals surface area contributed by atoms with Crippen LogP contribution in [0.4, 0.5) is 0 Å². The Labute approximate surface area is 65.0 Å². The molecular formula is C8H7N2O. The Balaban J connectivity index is 2.76. The summed E-state index contributed by atoms with van der Waals surface area (Å²) in [6.45, 7) is 0.270. The molecule has 0 aromatic heterocycles. The van der Waals surface area contributed by atoms with Crippen LogP contribution in [0.1, 0.15) is 11.1 Å². The predicted octanol–water partition coefficient (Wildman–Crippen LogP) is 1.27. The Morgan fingerprint density at radius 3 is 2.45 bits per heavy atom. The van der Waals surface area contributed by atoms with Crippen molar-refractivity contribution in [1.29, 1.82) is 5.26 Å². The van der Waals surface area contributed by atoms with Crippen molar-refractivity contribution < 1.29 is 4.84 Å². The van der Waals surface area contributed by atoms with Crippen molar-refractivity contribution in [3.05, 3.63) is 35.4 Å². The van der Waals surface area contributed by atoms with Crippen LogP contribution in [0.5, 0.6) is 0 Å². The molecule has 55 valence electrons. The van der Waals surface area contributed by atoms with Crippen LogP contribution in [0, 0.1) is 11.3 Å². The van der Waals surface area contributed by atoms with E-state index >= 15 is 0 Å². The molecule has 0 aliphatic rings. The SMILES string of the molecule is N#Cc1ccc(CO[NH])cc1. The van der Waals surface area contributed by atoms with Crippen LogP contribution < -0.4 is 5.90 Å². The van der Waals surface area contributed by atoms with E-state index in [1.807, 2.05) is 6.07 Å². The number of hydrogen-bond acceptors (Lipinski definition) is 2. The quantitative estimate of drug-likeness (QED) is 0.591. The topological polar surface area (TPSA) is 56.8 Å². The molecule has 1 N–H and O–H groups in total. The van der Waals surface area contributed by atoms with Gasteiger partial charge in [-0.25, -0.2) is 0 Å². The van der Waals surface area contributed by atoms with E-state index in [9.17, 15) is 0 Å². The van der Waals surface area contributed by atoms with Crippen LogP contribution in [0.3, 0.4) is 0 Å². The Hall–Kier alpha value is -1.37. The van der Waals surface area contributed by atoms with Gasteiger partial charge in [0.15, 0.2) is 0 Å². The van der Waals surface area contributed by atoms with Crippen molar-refractivity contribution >= 4 is 0 Å². The zero-order valence-corrected chi connectivity index (χ0v) is 5.87. The zero-order chi connectivity index (χ0) is 8.10. The fourth-order valence-electron chi connectivity index (χ4n) is 0.759. The lowest BCUT2D eigenvalue weighted by molar-refractivity contribution is 0.104. The average molecular weight is 147 g/mol. The molecule has 0 heterocycles. The van der Waals surface area contributed by atoms with Gasteiger partial charge in [-0.3, -0.25) is 4.84 Å². The lowest BCUT2D eigenvalue weighted by Gasteiger charge is -1.95. The van der Waals surface area contributed by atoms with Gasteiger partial charge in [-0.15, -0.1) is 5.90 Å². The summed E-state index contributed by atoms with van der Waals surface area (Å²) in [5.41, 5.74) is 1.53.